The molecule has 4 rings (SSSR count). The fourth-order valence-corrected chi connectivity index (χ4v) is 6.53. The fraction of sp³-hybridized carbons (Fsp3) is 0.371. The van der Waals surface area contributed by atoms with Crippen molar-refractivity contribution < 1.29 is 0 Å². The lowest BCUT2D eigenvalue weighted by molar-refractivity contribution is 0.401. The molecule has 0 N–H and O–H groups in total. The third kappa shape index (κ3) is 6.79. The van der Waals surface area contributed by atoms with E-state index in [0.717, 1.165) is 27.4 Å². The summed E-state index contributed by atoms with van der Waals surface area (Å²) < 4.78 is 0. The summed E-state index contributed by atoms with van der Waals surface area (Å²) >= 11 is 7.20. The standard InChI is InChI=1S/C35H36Br2/c1-2-28-15-17-29(18-16-28)19-20-30-21-22-32-31-13-7-8-14-33(31)35(34(32)27-30,23-9-3-5-11-25-36)24-10-4-6-12-26-37/h1,7-8,13-18,21-22,27H,3-6,9-12,23-26H2. The minimum absolute atomic E-state index is 0.0842. The van der Waals surface area contributed by atoms with E-state index in [-0.39, 0.29) is 5.41 Å². The van der Waals surface area contributed by atoms with Crippen LogP contribution in [0.25, 0.3) is 11.1 Å². The van der Waals surface area contributed by atoms with Gasteiger partial charge in [0.05, 0.1) is 0 Å². The first-order chi connectivity index (χ1) is 18.2. The lowest BCUT2D eigenvalue weighted by atomic mass is 9.70. The molecule has 0 atom stereocenters. The maximum atomic E-state index is 5.51. The van der Waals surface area contributed by atoms with Crippen LogP contribution in [0.5, 0.6) is 0 Å². The Labute approximate surface area is 240 Å². The molecule has 0 bridgehead atoms. The predicted molar refractivity (Wildman–Crippen MR) is 167 cm³/mol. The lowest BCUT2D eigenvalue weighted by Crippen LogP contribution is -2.25. The van der Waals surface area contributed by atoms with E-state index < -0.39 is 0 Å². The van der Waals surface area contributed by atoms with Gasteiger partial charge in [-0.25, -0.2) is 0 Å². The van der Waals surface area contributed by atoms with Crippen LogP contribution in [-0.4, -0.2) is 10.7 Å². The van der Waals surface area contributed by atoms with E-state index in [1.54, 1.807) is 0 Å². The van der Waals surface area contributed by atoms with Gasteiger partial charge in [0.1, 0.15) is 0 Å². The smallest absolute Gasteiger partial charge is 0.0252 e. The van der Waals surface area contributed by atoms with Crippen molar-refractivity contribution in [3.63, 3.8) is 0 Å². The van der Waals surface area contributed by atoms with E-state index in [0.29, 0.717) is 0 Å². The number of unbranched alkanes of at least 4 members (excludes halogenated alkanes) is 6. The molecule has 0 amide bonds. The van der Waals surface area contributed by atoms with Crippen molar-refractivity contribution in [1.82, 2.24) is 0 Å². The van der Waals surface area contributed by atoms with Gasteiger partial charge in [0.25, 0.3) is 0 Å². The Hall–Kier alpha value is -2.26. The molecule has 0 spiro atoms. The number of hydrogen-bond acceptors (Lipinski definition) is 0. The molecule has 0 saturated carbocycles. The molecule has 1 aliphatic carbocycles. The molecule has 0 aromatic heterocycles. The molecule has 0 heterocycles. The lowest BCUT2D eigenvalue weighted by Gasteiger charge is -2.33. The van der Waals surface area contributed by atoms with E-state index in [1.807, 2.05) is 24.3 Å². The van der Waals surface area contributed by atoms with Crippen molar-refractivity contribution in [3.05, 3.63) is 94.5 Å². The number of fused-ring (bicyclic) bond motifs is 3. The molecule has 3 aromatic carbocycles. The van der Waals surface area contributed by atoms with Crippen LogP contribution in [0.4, 0.5) is 0 Å². The SMILES string of the molecule is C#Cc1ccc(C#Cc2ccc3c(c2)C(CCCCCCBr)(CCCCCCBr)c2ccccc2-3)cc1. The van der Waals surface area contributed by atoms with Gasteiger partial charge in [0.15, 0.2) is 0 Å². The Kier molecular flexibility index (Phi) is 10.5. The van der Waals surface area contributed by atoms with Crippen molar-refractivity contribution in [1.29, 1.82) is 0 Å². The van der Waals surface area contributed by atoms with Crippen molar-refractivity contribution in [2.75, 3.05) is 10.7 Å². The molecular formula is C35H36Br2. The molecule has 0 saturated heterocycles. The maximum Gasteiger partial charge on any atom is 0.0252 e. The van der Waals surface area contributed by atoms with Gasteiger partial charge in [-0.3, -0.25) is 0 Å². The quantitative estimate of drug-likeness (QED) is 0.108. The Bertz CT molecular complexity index is 1250. The molecule has 2 heteroatoms. The van der Waals surface area contributed by atoms with Gasteiger partial charge in [0.2, 0.25) is 0 Å². The zero-order valence-corrected chi connectivity index (χ0v) is 24.8. The summed E-state index contributed by atoms with van der Waals surface area (Å²) in [6, 6.07) is 24.0. The van der Waals surface area contributed by atoms with E-state index in [4.69, 9.17) is 6.42 Å². The number of alkyl halides is 2. The third-order valence-electron chi connectivity index (χ3n) is 7.65. The summed E-state index contributed by atoms with van der Waals surface area (Å²) in [5.74, 6) is 9.48. The molecule has 0 nitrogen and oxygen atoms in total. The van der Waals surface area contributed by atoms with Crippen LogP contribution in [0.15, 0.2) is 66.7 Å². The highest BCUT2D eigenvalue weighted by Crippen LogP contribution is 2.54. The summed E-state index contributed by atoms with van der Waals surface area (Å²) in [4.78, 5) is 0. The summed E-state index contributed by atoms with van der Waals surface area (Å²) in [6.07, 6.45) is 18.2. The average Bonchev–Trinajstić information content (AvgIpc) is 3.21. The second-order valence-corrected chi connectivity index (χ2v) is 11.7. The minimum atomic E-state index is 0.0842. The van der Waals surface area contributed by atoms with Crippen LogP contribution in [-0.2, 0) is 5.41 Å². The van der Waals surface area contributed by atoms with Gasteiger partial charge in [-0.1, -0.05) is 118 Å². The van der Waals surface area contributed by atoms with Crippen molar-refractivity contribution in [2.24, 2.45) is 0 Å². The molecule has 3 aromatic rings. The van der Waals surface area contributed by atoms with E-state index in [2.05, 4.69) is 92.1 Å². The predicted octanol–water partition coefficient (Wildman–Crippen LogP) is 10.0. The van der Waals surface area contributed by atoms with Crippen LogP contribution in [0.3, 0.4) is 0 Å². The van der Waals surface area contributed by atoms with Crippen molar-refractivity contribution in [2.45, 2.75) is 69.6 Å². The zero-order valence-electron chi connectivity index (χ0n) is 21.7. The molecule has 0 aliphatic heterocycles. The molecule has 1 aliphatic rings. The number of hydrogen-bond donors (Lipinski definition) is 0. The van der Waals surface area contributed by atoms with Gasteiger partial charge in [-0.15, -0.1) is 6.42 Å². The fourth-order valence-electron chi connectivity index (χ4n) is 5.74. The Balaban J connectivity index is 1.68. The van der Waals surface area contributed by atoms with Crippen LogP contribution < -0.4 is 0 Å². The second-order valence-electron chi connectivity index (χ2n) is 10.1. The Morgan fingerprint density at radius 3 is 1.76 bits per heavy atom. The topological polar surface area (TPSA) is 0 Å². The summed E-state index contributed by atoms with van der Waals surface area (Å²) in [5, 5.41) is 2.20. The van der Waals surface area contributed by atoms with Crippen LogP contribution in [0.2, 0.25) is 0 Å². The molecular weight excluding hydrogens is 580 g/mol. The zero-order chi connectivity index (χ0) is 25.9. The van der Waals surface area contributed by atoms with E-state index in [9.17, 15) is 0 Å². The van der Waals surface area contributed by atoms with Crippen molar-refractivity contribution >= 4 is 31.9 Å². The number of halogens is 2. The molecule has 0 unspecified atom stereocenters. The number of rotatable bonds is 12. The first-order valence-corrected chi connectivity index (χ1v) is 15.9. The monoisotopic (exact) mass is 614 g/mol. The first kappa shape index (κ1) is 27.8. The Morgan fingerprint density at radius 1 is 0.568 bits per heavy atom. The highest BCUT2D eigenvalue weighted by Gasteiger charge is 2.42. The molecule has 190 valence electrons. The largest absolute Gasteiger partial charge is 0.115 e. The highest BCUT2D eigenvalue weighted by atomic mass is 79.9. The number of terminal acetylenes is 1. The summed E-state index contributed by atoms with van der Waals surface area (Å²) in [5.41, 5.74) is 8.90. The molecule has 0 radical (unpaired) electrons. The maximum absolute atomic E-state index is 5.51. The molecule has 0 fully saturated rings. The second kappa shape index (κ2) is 14.0. The summed E-state index contributed by atoms with van der Waals surface area (Å²) in [7, 11) is 0. The van der Waals surface area contributed by atoms with Gasteiger partial charge < -0.3 is 0 Å². The van der Waals surface area contributed by atoms with Gasteiger partial charge in [-0.05, 0) is 84.3 Å². The van der Waals surface area contributed by atoms with Crippen LogP contribution in [0.1, 0.15) is 92.0 Å². The Morgan fingerprint density at radius 2 is 1.11 bits per heavy atom. The normalized spacial score (nSPS) is 12.8. The van der Waals surface area contributed by atoms with Gasteiger partial charge in [-0.2, -0.15) is 0 Å². The van der Waals surface area contributed by atoms with Crippen molar-refractivity contribution in [3.8, 4) is 35.3 Å². The third-order valence-corrected chi connectivity index (χ3v) is 8.77. The minimum Gasteiger partial charge on any atom is -0.115 e. The van der Waals surface area contributed by atoms with Crippen LogP contribution >= 0.6 is 31.9 Å². The van der Waals surface area contributed by atoms with Gasteiger partial charge >= 0.3 is 0 Å². The van der Waals surface area contributed by atoms with E-state index in [1.165, 1.54) is 86.5 Å². The average molecular weight is 616 g/mol. The van der Waals surface area contributed by atoms with Crippen LogP contribution in [0, 0.1) is 24.2 Å². The first-order valence-electron chi connectivity index (χ1n) is 13.7. The summed E-state index contributed by atoms with van der Waals surface area (Å²) in [6.45, 7) is 0. The molecule has 37 heavy (non-hydrogen) atoms. The highest BCUT2D eigenvalue weighted by molar-refractivity contribution is 9.09. The van der Waals surface area contributed by atoms with E-state index >= 15 is 0 Å². The number of benzene rings is 3. The van der Waals surface area contributed by atoms with Gasteiger partial charge in [0, 0.05) is 32.8 Å².